The van der Waals surface area contributed by atoms with Crippen molar-refractivity contribution in [1.29, 1.82) is 0 Å². The molecule has 1 aliphatic carbocycles. The van der Waals surface area contributed by atoms with Crippen molar-refractivity contribution < 1.29 is 4.79 Å². The second kappa shape index (κ2) is 7.30. The number of aryl methyl sites for hydroxylation is 1. The smallest absolute Gasteiger partial charge is 0.225 e. The first-order chi connectivity index (χ1) is 10.8. The van der Waals surface area contributed by atoms with Crippen LogP contribution in [0.25, 0.3) is 0 Å². The van der Waals surface area contributed by atoms with Gasteiger partial charge >= 0.3 is 0 Å². The van der Waals surface area contributed by atoms with Crippen molar-refractivity contribution in [3.63, 3.8) is 0 Å². The third-order valence-electron chi connectivity index (χ3n) is 5.30. The molecule has 1 aromatic rings. The summed E-state index contributed by atoms with van der Waals surface area (Å²) in [5.41, 5.74) is 0. The number of amides is 1. The van der Waals surface area contributed by atoms with Gasteiger partial charge in [0.05, 0.1) is 0 Å². The first-order valence-electron chi connectivity index (χ1n) is 9.09. The van der Waals surface area contributed by atoms with Crippen LogP contribution < -0.4 is 0 Å². The minimum Gasteiger partial charge on any atom is -0.342 e. The Bertz CT molecular complexity index is 490. The molecular formula is C18H29N3O. The zero-order chi connectivity index (χ0) is 15.4. The van der Waals surface area contributed by atoms with Gasteiger partial charge in [-0.2, -0.15) is 0 Å². The molecule has 3 rings (SSSR count). The van der Waals surface area contributed by atoms with E-state index in [1.54, 1.807) is 0 Å². The lowest BCUT2D eigenvalue weighted by Crippen LogP contribution is -2.42. The molecule has 0 radical (unpaired) electrons. The molecule has 0 aromatic carbocycles. The van der Waals surface area contributed by atoms with Crippen LogP contribution in [0.15, 0.2) is 12.4 Å². The van der Waals surface area contributed by atoms with Crippen LogP contribution in [0.4, 0.5) is 0 Å². The maximum atomic E-state index is 12.7. The molecule has 1 aliphatic heterocycles. The number of nitrogens with zero attached hydrogens (tertiary/aromatic N) is 3. The molecule has 2 aliphatic rings. The average molecular weight is 303 g/mol. The highest BCUT2D eigenvalue weighted by Crippen LogP contribution is 2.31. The lowest BCUT2D eigenvalue weighted by molar-refractivity contribution is -0.136. The molecule has 0 N–H and O–H groups in total. The fourth-order valence-corrected chi connectivity index (χ4v) is 4.02. The molecule has 1 amide bonds. The highest BCUT2D eigenvalue weighted by atomic mass is 16.2. The van der Waals surface area contributed by atoms with Crippen LogP contribution in [0.5, 0.6) is 0 Å². The van der Waals surface area contributed by atoms with Crippen LogP contribution in [0.1, 0.15) is 70.0 Å². The summed E-state index contributed by atoms with van der Waals surface area (Å²) in [7, 11) is 0. The molecule has 1 saturated heterocycles. The fraction of sp³-hybridized carbons (Fsp3) is 0.778. The largest absolute Gasteiger partial charge is 0.342 e. The summed E-state index contributed by atoms with van der Waals surface area (Å²) < 4.78 is 2.30. The zero-order valence-electron chi connectivity index (χ0n) is 13.8. The summed E-state index contributed by atoms with van der Waals surface area (Å²) in [6, 6.07) is 0. The monoisotopic (exact) mass is 303 g/mol. The van der Waals surface area contributed by atoms with Crippen LogP contribution in [-0.2, 0) is 11.3 Å². The lowest BCUT2D eigenvalue weighted by Gasteiger charge is -2.34. The lowest BCUT2D eigenvalue weighted by atomic mass is 9.95. The standard InChI is InChI=1S/C18H29N3O/c1-2-3-11-20-13-10-19-17(20)16-9-6-12-21(14-16)18(22)15-7-4-5-8-15/h10,13,15-16H,2-9,11-12,14H2,1H3/t16-/m1/s1. The van der Waals surface area contributed by atoms with Gasteiger partial charge in [-0.3, -0.25) is 4.79 Å². The van der Waals surface area contributed by atoms with Gasteiger partial charge in [0.15, 0.2) is 0 Å². The van der Waals surface area contributed by atoms with Crippen molar-refractivity contribution in [2.75, 3.05) is 13.1 Å². The Morgan fingerprint density at radius 2 is 2.09 bits per heavy atom. The van der Waals surface area contributed by atoms with Gasteiger partial charge in [-0.1, -0.05) is 26.2 Å². The van der Waals surface area contributed by atoms with E-state index in [2.05, 4.69) is 27.6 Å². The maximum Gasteiger partial charge on any atom is 0.225 e. The Kier molecular flexibility index (Phi) is 5.16. The van der Waals surface area contributed by atoms with Crippen LogP contribution >= 0.6 is 0 Å². The van der Waals surface area contributed by atoms with E-state index in [9.17, 15) is 4.79 Å². The number of unbranched alkanes of at least 4 members (excludes halogenated alkanes) is 1. The van der Waals surface area contributed by atoms with E-state index in [1.165, 1.54) is 31.5 Å². The number of piperidine rings is 1. The molecule has 0 unspecified atom stereocenters. The minimum absolute atomic E-state index is 0.304. The van der Waals surface area contributed by atoms with Gasteiger partial charge in [-0.25, -0.2) is 4.98 Å². The summed E-state index contributed by atoms with van der Waals surface area (Å²) in [6.07, 6.45) is 13.4. The molecule has 2 fully saturated rings. The normalized spacial score (nSPS) is 23.1. The highest BCUT2D eigenvalue weighted by Gasteiger charge is 2.32. The second-order valence-corrected chi connectivity index (χ2v) is 6.94. The van der Waals surface area contributed by atoms with E-state index in [4.69, 9.17) is 0 Å². The molecule has 1 saturated carbocycles. The van der Waals surface area contributed by atoms with Crippen molar-refractivity contribution in [2.45, 2.75) is 70.8 Å². The van der Waals surface area contributed by atoms with Gasteiger partial charge in [0.1, 0.15) is 5.82 Å². The van der Waals surface area contributed by atoms with Crippen molar-refractivity contribution in [3.05, 3.63) is 18.2 Å². The van der Waals surface area contributed by atoms with Crippen LogP contribution in [0.3, 0.4) is 0 Å². The predicted molar refractivity (Wildman–Crippen MR) is 87.6 cm³/mol. The summed E-state index contributed by atoms with van der Waals surface area (Å²) in [5.74, 6) is 2.33. The molecule has 0 bridgehead atoms. The topological polar surface area (TPSA) is 38.1 Å². The summed E-state index contributed by atoms with van der Waals surface area (Å²) in [5, 5.41) is 0. The molecule has 1 aromatic heterocycles. The van der Waals surface area contributed by atoms with Crippen LogP contribution in [-0.4, -0.2) is 33.4 Å². The Morgan fingerprint density at radius 1 is 1.27 bits per heavy atom. The Hall–Kier alpha value is -1.32. The predicted octanol–water partition coefficient (Wildman–Crippen LogP) is 3.58. The van der Waals surface area contributed by atoms with E-state index in [-0.39, 0.29) is 0 Å². The van der Waals surface area contributed by atoms with E-state index in [0.29, 0.717) is 17.7 Å². The summed E-state index contributed by atoms with van der Waals surface area (Å²) in [6.45, 7) is 5.10. The first-order valence-corrected chi connectivity index (χ1v) is 9.09. The van der Waals surface area contributed by atoms with Gasteiger partial charge < -0.3 is 9.47 Å². The highest BCUT2D eigenvalue weighted by molar-refractivity contribution is 5.79. The Labute approximate surface area is 133 Å². The maximum absolute atomic E-state index is 12.7. The Morgan fingerprint density at radius 3 is 2.86 bits per heavy atom. The van der Waals surface area contributed by atoms with Crippen molar-refractivity contribution in [1.82, 2.24) is 14.5 Å². The molecule has 122 valence electrons. The average Bonchev–Trinajstić information content (AvgIpc) is 3.23. The van der Waals surface area contributed by atoms with E-state index < -0.39 is 0 Å². The second-order valence-electron chi connectivity index (χ2n) is 6.94. The van der Waals surface area contributed by atoms with Gasteiger partial charge in [0.25, 0.3) is 0 Å². The van der Waals surface area contributed by atoms with Gasteiger partial charge in [-0.05, 0) is 32.1 Å². The quantitative estimate of drug-likeness (QED) is 0.834. The third kappa shape index (κ3) is 3.36. The molecule has 4 heteroatoms. The zero-order valence-corrected chi connectivity index (χ0v) is 13.8. The van der Waals surface area contributed by atoms with Crippen molar-refractivity contribution in [3.8, 4) is 0 Å². The number of carbonyl (C=O) groups is 1. The number of likely N-dealkylation sites (tertiary alicyclic amines) is 1. The molecular weight excluding hydrogens is 274 g/mol. The molecule has 0 spiro atoms. The van der Waals surface area contributed by atoms with Crippen LogP contribution in [0, 0.1) is 5.92 Å². The van der Waals surface area contributed by atoms with Crippen molar-refractivity contribution >= 4 is 5.91 Å². The number of rotatable bonds is 5. The number of hydrogen-bond donors (Lipinski definition) is 0. The van der Waals surface area contributed by atoms with E-state index in [0.717, 1.165) is 45.3 Å². The van der Waals surface area contributed by atoms with Crippen molar-refractivity contribution in [2.24, 2.45) is 5.92 Å². The molecule has 22 heavy (non-hydrogen) atoms. The van der Waals surface area contributed by atoms with Crippen LogP contribution in [0.2, 0.25) is 0 Å². The molecule has 1 atom stereocenters. The van der Waals surface area contributed by atoms with E-state index >= 15 is 0 Å². The number of aromatic nitrogens is 2. The Balaban J connectivity index is 1.65. The SMILES string of the molecule is CCCCn1ccnc1[C@@H]1CCCN(C(=O)C2CCCC2)C1. The third-order valence-corrected chi connectivity index (χ3v) is 5.30. The number of imidazole rings is 1. The summed E-state index contributed by atoms with van der Waals surface area (Å²) >= 11 is 0. The van der Waals surface area contributed by atoms with Gasteiger partial charge in [0.2, 0.25) is 5.91 Å². The summed E-state index contributed by atoms with van der Waals surface area (Å²) in [4.78, 5) is 19.4. The van der Waals surface area contributed by atoms with Gasteiger partial charge in [0, 0.05) is 43.9 Å². The first kappa shape index (κ1) is 15.6. The van der Waals surface area contributed by atoms with Gasteiger partial charge in [-0.15, -0.1) is 0 Å². The molecule has 4 nitrogen and oxygen atoms in total. The fourth-order valence-electron chi connectivity index (χ4n) is 4.02. The minimum atomic E-state index is 0.304. The molecule has 2 heterocycles. The number of carbonyl (C=O) groups excluding carboxylic acids is 1. The number of hydrogen-bond acceptors (Lipinski definition) is 2. The van der Waals surface area contributed by atoms with E-state index in [1.807, 2.05) is 6.20 Å².